The normalized spacial score (nSPS) is 24.0. The van der Waals surface area contributed by atoms with Crippen LogP contribution in [-0.2, 0) is 19.6 Å². The molecule has 1 aliphatic carbocycles. The van der Waals surface area contributed by atoms with Crippen LogP contribution in [0.2, 0.25) is 0 Å². The monoisotopic (exact) mass is 391 g/mol. The van der Waals surface area contributed by atoms with Gasteiger partial charge in [-0.05, 0) is 44.2 Å². The van der Waals surface area contributed by atoms with E-state index in [-0.39, 0.29) is 10.9 Å². The zero-order valence-corrected chi connectivity index (χ0v) is 16.4. The maximum absolute atomic E-state index is 12.8. The molecule has 146 valence electrons. The molecule has 3 aliphatic rings. The molecule has 0 bridgehead atoms. The van der Waals surface area contributed by atoms with E-state index >= 15 is 0 Å². The summed E-state index contributed by atoms with van der Waals surface area (Å²) in [5.41, 5.74) is -0.0823. The van der Waals surface area contributed by atoms with Crippen LogP contribution in [0.25, 0.3) is 0 Å². The largest absolute Gasteiger partial charge is 0.405 e. The van der Waals surface area contributed by atoms with Crippen molar-refractivity contribution in [2.24, 2.45) is 4.99 Å². The number of hydrogen-bond acceptors (Lipinski definition) is 6. The highest BCUT2D eigenvalue weighted by molar-refractivity contribution is 7.89. The van der Waals surface area contributed by atoms with Crippen molar-refractivity contribution in [1.82, 2.24) is 9.21 Å². The Morgan fingerprint density at radius 1 is 1.00 bits per heavy atom. The number of rotatable bonds is 3. The molecular weight excluding hydrogens is 366 g/mol. The Hall–Kier alpha value is -1.77. The van der Waals surface area contributed by atoms with Crippen molar-refractivity contribution < 1.29 is 17.9 Å². The molecule has 0 radical (unpaired) electrons. The quantitative estimate of drug-likeness (QED) is 0.732. The van der Waals surface area contributed by atoms with Gasteiger partial charge < -0.3 is 9.64 Å². The summed E-state index contributed by atoms with van der Waals surface area (Å²) in [6.45, 7) is 2.44. The van der Waals surface area contributed by atoms with E-state index in [1.165, 1.54) is 4.31 Å². The number of carbonyl (C=O) groups is 1. The van der Waals surface area contributed by atoms with Gasteiger partial charge in [0.1, 0.15) is 0 Å². The number of nitrogens with zero attached hydrogens (tertiary/aromatic N) is 3. The molecule has 1 spiro atoms. The number of ether oxygens (including phenoxy) is 1. The van der Waals surface area contributed by atoms with E-state index in [1.54, 1.807) is 24.3 Å². The molecular formula is C19H25N3O4S. The number of sulfonamides is 1. The van der Waals surface area contributed by atoms with E-state index in [9.17, 15) is 13.2 Å². The number of likely N-dealkylation sites (N-methyl/N-ethyl adjacent to an activating group) is 1. The Bertz CT molecular complexity index is 849. The molecule has 0 N–H and O–H groups in total. The lowest BCUT2D eigenvalue weighted by Gasteiger charge is -2.31. The van der Waals surface area contributed by atoms with Gasteiger partial charge in [-0.1, -0.05) is 19.3 Å². The smallest absolute Gasteiger partial charge is 0.340 e. The third-order valence-corrected chi connectivity index (χ3v) is 7.68. The fraction of sp³-hybridized carbons (Fsp3) is 0.579. The van der Waals surface area contributed by atoms with Crippen LogP contribution in [0.5, 0.6) is 0 Å². The van der Waals surface area contributed by atoms with Gasteiger partial charge in [-0.3, -0.25) is 0 Å². The van der Waals surface area contributed by atoms with Gasteiger partial charge in [0.25, 0.3) is 0 Å². The average molecular weight is 391 g/mol. The summed E-state index contributed by atoms with van der Waals surface area (Å²) in [7, 11) is -1.52. The van der Waals surface area contributed by atoms with Crippen LogP contribution in [0.3, 0.4) is 0 Å². The van der Waals surface area contributed by atoms with Crippen LogP contribution < -0.4 is 0 Å². The lowest BCUT2D eigenvalue weighted by molar-refractivity contribution is -0.140. The first-order valence-corrected chi connectivity index (χ1v) is 11.0. The molecule has 4 rings (SSSR count). The molecule has 7 nitrogen and oxygen atoms in total. The molecule has 2 heterocycles. The molecule has 1 saturated heterocycles. The van der Waals surface area contributed by atoms with Gasteiger partial charge in [0, 0.05) is 31.7 Å². The minimum Gasteiger partial charge on any atom is -0.405 e. The van der Waals surface area contributed by atoms with Crippen molar-refractivity contribution in [3.8, 4) is 0 Å². The van der Waals surface area contributed by atoms with E-state index < -0.39 is 15.6 Å². The Morgan fingerprint density at radius 3 is 2.26 bits per heavy atom. The predicted octanol–water partition coefficient (Wildman–Crippen LogP) is 1.63. The van der Waals surface area contributed by atoms with Crippen LogP contribution in [0.1, 0.15) is 37.7 Å². The molecule has 0 unspecified atom stereocenters. The lowest BCUT2D eigenvalue weighted by atomic mass is 9.83. The number of aliphatic imine (C=N–C) groups is 1. The first-order valence-electron chi connectivity index (χ1n) is 9.52. The van der Waals surface area contributed by atoms with E-state index in [0.717, 1.165) is 45.2 Å². The van der Waals surface area contributed by atoms with Gasteiger partial charge in [-0.25, -0.2) is 18.2 Å². The van der Waals surface area contributed by atoms with E-state index in [0.29, 0.717) is 24.6 Å². The second-order valence-electron chi connectivity index (χ2n) is 7.63. The Labute approximate surface area is 160 Å². The number of piperazine rings is 1. The predicted molar refractivity (Wildman–Crippen MR) is 101 cm³/mol. The number of benzene rings is 1. The van der Waals surface area contributed by atoms with E-state index in [1.807, 2.05) is 7.05 Å². The van der Waals surface area contributed by atoms with Crippen molar-refractivity contribution in [3.05, 3.63) is 29.8 Å². The number of cyclic esters (lactones) is 1. The zero-order chi connectivity index (χ0) is 19.1. The second-order valence-corrected chi connectivity index (χ2v) is 9.57. The van der Waals surface area contributed by atoms with Crippen molar-refractivity contribution >= 4 is 21.9 Å². The average Bonchev–Trinajstić information content (AvgIpc) is 2.99. The molecule has 0 atom stereocenters. The topological polar surface area (TPSA) is 79.3 Å². The van der Waals surface area contributed by atoms with Gasteiger partial charge in [0.15, 0.2) is 5.54 Å². The van der Waals surface area contributed by atoms with Crippen molar-refractivity contribution in [1.29, 1.82) is 0 Å². The zero-order valence-electron chi connectivity index (χ0n) is 15.6. The Kier molecular flexibility index (Phi) is 4.82. The van der Waals surface area contributed by atoms with Crippen LogP contribution in [0, 0.1) is 0 Å². The van der Waals surface area contributed by atoms with Gasteiger partial charge in [-0.15, -0.1) is 0 Å². The molecule has 1 saturated carbocycles. The molecule has 0 amide bonds. The standard InChI is InChI=1S/C19H25N3O4S/c1-21-11-13-22(14-12-21)27(24,25)16-7-5-15(6-8-16)17-20-19(18(23)26-17)9-3-2-4-10-19/h5-8H,2-4,9-14H2,1H3. The molecule has 2 fully saturated rings. The molecule has 0 aromatic heterocycles. The summed E-state index contributed by atoms with van der Waals surface area (Å²) in [4.78, 5) is 19.3. The summed E-state index contributed by atoms with van der Waals surface area (Å²) in [5, 5.41) is 0. The highest BCUT2D eigenvalue weighted by Crippen LogP contribution is 2.37. The summed E-state index contributed by atoms with van der Waals surface area (Å²) < 4.78 is 32.6. The summed E-state index contributed by atoms with van der Waals surface area (Å²) in [6.07, 6.45) is 4.54. The van der Waals surface area contributed by atoms with Gasteiger partial charge in [-0.2, -0.15) is 4.31 Å². The molecule has 1 aromatic carbocycles. The van der Waals surface area contributed by atoms with E-state index in [4.69, 9.17) is 4.74 Å². The summed E-state index contributed by atoms with van der Waals surface area (Å²) in [6, 6.07) is 6.50. The minimum absolute atomic E-state index is 0.258. The van der Waals surface area contributed by atoms with Gasteiger partial charge >= 0.3 is 5.97 Å². The van der Waals surface area contributed by atoms with Crippen molar-refractivity contribution in [2.75, 3.05) is 33.2 Å². The number of hydrogen-bond donors (Lipinski definition) is 0. The fourth-order valence-corrected chi connectivity index (χ4v) is 5.39. The van der Waals surface area contributed by atoms with Crippen molar-refractivity contribution in [2.45, 2.75) is 42.5 Å². The molecule has 2 aliphatic heterocycles. The lowest BCUT2D eigenvalue weighted by Crippen LogP contribution is -2.47. The third-order valence-electron chi connectivity index (χ3n) is 5.77. The summed E-state index contributed by atoms with van der Waals surface area (Å²) >= 11 is 0. The Balaban J connectivity index is 1.54. The van der Waals surface area contributed by atoms with Crippen molar-refractivity contribution in [3.63, 3.8) is 0 Å². The van der Waals surface area contributed by atoms with Crippen LogP contribution in [0.15, 0.2) is 34.2 Å². The molecule has 1 aromatic rings. The SMILES string of the molecule is CN1CCN(S(=O)(=O)c2ccc(C3=NC4(CCCCC4)C(=O)O3)cc2)CC1. The highest BCUT2D eigenvalue weighted by atomic mass is 32.2. The second kappa shape index (κ2) is 7.00. The fourth-order valence-electron chi connectivity index (χ4n) is 3.97. The van der Waals surface area contributed by atoms with Crippen LogP contribution in [-0.4, -0.2) is 68.3 Å². The maximum Gasteiger partial charge on any atom is 0.340 e. The third kappa shape index (κ3) is 3.41. The number of esters is 1. The summed E-state index contributed by atoms with van der Waals surface area (Å²) in [5.74, 6) is 0.0387. The first kappa shape index (κ1) is 18.6. The van der Waals surface area contributed by atoms with Crippen LogP contribution in [0.4, 0.5) is 0 Å². The Morgan fingerprint density at radius 2 is 1.63 bits per heavy atom. The van der Waals surface area contributed by atoms with Gasteiger partial charge in [0.05, 0.1) is 4.90 Å². The van der Waals surface area contributed by atoms with Crippen LogP contribution >= 0.6 is 0 Å². The maximum atomic E-state index is 12.8. The van der Waals surface area contributed by atoms with Gasteiger partial charge in [0.2, 0.25) is 15.9 Å². The molecule has 27 heavy (non-hydrogen) atoms. The minimum atomic E-state index is -3.50. The van der Waals surface area contributed by atoms with E-state index in [2.05, 4.69) is 9.89 Å². The first-order chi connectivity index (χ1) is 12.9. The number of carbonyl (C=O) groups excluding carboxylic acids is 1. The molecule has 8 heteroatoms. The highest BCUT2D eigenvalue weighted by Gasteiger charge is 2.46.